The molecule has 0 radical (unpaired) electrons. The van der Waals surface area contributed by atoms with Gasteiger partial charge in [-0.1, -0.05) is 11.2 Å². The summed E-state index contributed by atoms with van der Waals surface area (Å²) in [6.07, 6.45) is 0. The molecule has 2 aromatic rings. The first-order chi connectivity index (χ1) is 9.22. The number of benzene rings is 1. The van der Waals surface area contributed by atoms with E-state index in [9.17, 15) is 4.79 Å². The Morgan fingerprint density at radius 3 is 3.00 bits per heavy atom. The number of hydrogen-bond acceptors (Lipinski definition) is 4. The molecule has 1 aromatic carbocycles. The first-order valence-corrected chi connectivity index (χ1v) is 6.25. The minimum absolute atomic E-state index is 0.0937. The van der Waals surface area contributed by atoms with Gasteiger partial charge in [-0.3, -0.25) is 4.79 Å². The maximum absolute atomic E-state index is 12.0. The molecule has 5 heteroatoms. The Kier molecular flexibility index (Phi) is 3.05. The van der Waals surface area contributed by atoms with Crippen LogP contribution in [0.1, 0.15) is 32.9 Å². The molecule has 0 saturated heterocycles. The fourth-order valence-corrected chi connectivity index (χ4v) is 2.21. The number of hydrogen-bond donors (Lipinski definition) is 2. The van der Waals surface area contributed by atoms with Gasteiger partial charge in [0.05, 0.1) is 12.2 Å². The van der Waals surface area contributed by atoms with Gasteiger partial charge in [0, 0.05) is 24.7 Å². The summed E-state index contributed by atoms with van der Waals surface area (Å²) in [6.45, 7) is 3.92. The van der Waals surface area contributed by atoms with Crippen LogP contribution in [0.25, 0.3) is 0 Å². The maximum Gasteiger partial charge on any atom is 0.251 e. The van der Waals surface area contributed by atoms with Gasteiger partial charge in [0.15, 0.2) is 5.76 Å². The van der Waals surface area contributed by atoms with E-state index in [0.29, 0.717) is 17.9 Å². The highest BCUT2D eigenvalue weighted by atomic mass is 16.5. The van der Waals surface area contributed by atoms with E-state index in [-0.39, 0.29) is 5.91 Å². The molecule has 2 N–H and O–H groups in total. The molecule has 2 heterocycles. The highest BCUT2D eigenvalue weighted by molar-refractivity contribution is 5.94. The molecule has 0 aliphatic carbocycles. The molecule has 1 aliphatic rings. The Morgan fingerprint density at radius 1 is 1.37 bits per heavy atom. The lowest BCUT2D eigenvalue weighted by Crippen LogP contribution is -2.22. The number of rotatable bonds is 3. The van der Waals surface area contributed by atoms with Crippen molar-refractivity contribution in [3.8, 4) is 0 Å². The fourth-order valence-electron chi connectivity index (χ4n) is 2.21. The summed E-state index contributed by atoms with van der Waals surface area (Å²) < 4.78 is 5.05. The Morgan fingerprint density at radius 2 is 2.21 bits per heavy atom. The first-order valence-electron chi connectivity index (χ1n) is 6.25. The second-order valence-electron chi connectivity index (χ2n) is 4.70. The van der Waals surface area contributed by atoms with Crippen molar-refractivity contribution in [3.63, 3.8) is 0 Å². The molecule has 3 rings (SSSR count). The molecule has 1 aromatic heterocycles. The van der Waals surface area contributed by atoms with Crippen LogP contribution in [0, 0.1) is 6.92 Å². The van der Waals surface area contributed by atoms with Crippen molar-refractivity contribution >= 4 is 5.91 Å². The monoisotopic (exact) mass is 257 g/mol. The molecule has 0 fully saturated rings. The minimum Gasteiger partial charge on any atom is -0.359 e. The van der Waals surface area contributed by atoms with E-state index in [4.69, 9.17) is 4.52 Å². The van der Waals surface area contributed by atoms with Crippen LogP contribution in [0.2, 0.25) is 0 Å². The quantitative estimate of drug-likeness (QED) is 0.874. The van der Waals surface area contributed by atoms with Gasteiger partial charge >= 0.3 is 0 Å². The molecule has 98 valence electrons. The largest absolute Gasteiger partial charge is 0.359 e. The third-order valence-corrected chi connectivity index (χ3v) is 3.20. The number of fused-ring (bicyclic) bond motifs is 1. The zero-order valence-electron chi connectivity index (χ0n) is 10.7. The topological polar surface area (TPSA) is 67.2 Å². The summed E-state index contributed by atoms with van der Waals surface area (Å²) >= 11 is 0. The van der Waals surface area contributed by atoms with Crippen molar-refractivity contribution in [2.45, 2.75) is 26.6 Å². The molecule has 19 heavy (non-hydrogen) atoms. The Labute approximate surface area is 111 Å². The van der Waals surface area contributed by atoms with Gasteiger partial charge in [0.1, 0.15) is 0 Å². The molecule has 0 unspecified atom stereocenters. The Hall–Kier alpha value is -2.14. The molecule has 5 nitrogen and oxygen atoms in total. The van der Waals surface area contributed by atoms with Gasteiger partial charge in [-0.2, -0.15) is 0 Å². The standard InChI is InChI=1S/C14H15N3O2/c1-9-4-13(19-17-9)8-16-14(18)10-2-3-11-6-15-7-12(11)5-10/h2-5,15H,6-8H2,1H3,(H,16,18). The Bertz CT molecular complexity index is 619. The lowest BCUT2D eigenvalue weighted by molar-refractivity contribution is 0.0947. The highest BCUT2D eigenvalue weighted by Gasteiger charge is 2.13. The van der Waals surface area contributed by atoms with Gasteiger partial charge in [-0.25, -0.2) is 0 Å². The van der Waals surface area contributed by atoms with Gasteiger partial charge in [-0.05, 0) is 30.2 Å². The van der Waals surface area contributed by atoms with Crippen LogP contribution in [0.5, 0.6) is 0 Å². The van der Waals surface area contributed by atoms with Crippen LogP contribution in [0.15, 0.2) is 28.8 Å². The van der Waals surface area contributed by atoms with Crippen LogP contribution in [-0.4, -0.2) is 11.1 Å². The number of amides is 1. The second kappa shape index (κ2) is 4.85. The number of aromatic nitrogens is 1. The normalized spacial score (nSPS) is 13.3. The second-order valence-corrected chi connectivity index (χ2v) is 4.70. The van der Waals surface area contributed by atoms with Crippen molar-refractivity contribution in [3.05, 3.63) is 52.4 Å². The van der Waals surface area contributed by atoms with Gasteiger partial charge < -0.3 is 15.2 Å². The average molecular weight is 257 g/mol. The molecular formula is C14H15N3O2. The van der Waals surface area contributed by atoms with Crippen LogP contribution in [0.4, 0.5) is 0 Å². The molecule has 1 aliphatic heterocycles. The maximum atomic E-state index is 12.0. The van der Waals surface area contributed by atoms with E-state index in [1.54, 1.807) is 0 Å². The van der Waals surface area contributed by atoms with Crippen LogP contribution >= 0.6 is 0 Å². The van der Waals surface area contributed by atoms with Crippen molar-refractivity contribution < 1.29 is 9.32 Å². The Balaban J connectivity index is 1.67. The lowest BCUT2D eigenvalue weighted by atomic mass is 10.1. The molecule has 0 atom stereocenters. The molecule has 0 saturated carbocycles. The van der Waals surface area contributed by atoms with E-state index in [1.165, 1.54) is 11.1 Å². The van der Waals surface area contributed by atoms with Gasteiger partial charge in [0.25, 0.3) is 5.91 Å². The summed E-state index contributed by atoms with van der Waals surface area (Å²) in [5.74, 6) is 0.567. The zero-order valence-corrected chi connectivity index (χ0v) is 10.7. The zero-order chi connectivity index (χ0) is 13.2. The van der Waals surface area contributed by atoms with E-state index in [1.807, 2.05) is 31.2 Å². The average Bonchev–Trinajstić information content (AvgIpc) is 3.03. The van der Waals surface area contributed by atoms with E-state index < -0.39 is 0 Å². The van der Waals surface area contributed by atoms with E-state index in [0.717, 1.165) is 18.8 Å². The van der Waals surface area contributed by atoms with Crippen molar-refractivity contribution in [2.75, 3.05) is 0 Å². The number of carbonyl (C=O) groups excluding carboxylic acids is 1. The summed E-state index contributed by atoms with van der Waals surface area (Å²) in [4.78, 5) is 12.0. The summed E-state index contributed by atoms with van der Waals surface area (Å²) in [5.41, 5.74) is 3.96. The van der Waals surface area contributed by atoms with E-state index >= 15 is 0 Å². The summed E-state index contributed by atoms with van der Waals surface area (Å²) in [5, 5.41) is 9.87. The molecule has 1 amide bonds. The predicted octanol–water partition coefficient (Wildman–Crippen LogP) is 1.52. The molecule has 0 bridgehead atoms. The molecular weight excluding hydrogens is 242 g/mol. The number of aryl methyl sites for hydroxylation is 1. The predicted molar refractivity (Wildman–Crippen MR) is 69.4 cm³/mol. The first kappa shape index (κ1) is 11.9. The van der Waals surface area contributed by atoms with E-state index in [2.05, 4.69) is 15.8 Å². The number of nitrogens with one attached hydrogen (secondary N) is 2. The number of carbonyl (C=O) groups is 1. The summed E-state index contributed by atoms with van der Waals surface area (Å²) in [6, 6.07) is 7.61. The smallest absolute Gasteiger partial charge is 0.251 e. The minimum atomic E-state index is -0.0937. The third-order valence-electron chi connectivity index (χ3n) is 3.20. The van der Waals surface area contributed by atoms with Crippen molar-refractivity contribution in [1.82, 2.24) is 15.8 Å². The van der Waals surface area contributed by atoms with Crippen LogP contribution in [-0.2, 0) is 19.6 Å². The van der Waals surface area contributed by atoms with Crippen LogP contribution in [0.3, 0.4) is 0 Å². The lowest BCUT2D eigenvalue weighted by Gasteiger charge is -2.05. The molecule has 0 spiro atoms. The van der Waals surface area contributed by atoms with Gasteiger partial charge in [-0.15, -0.1) is 0 Å². The third kappa shape index (κ3) is 2.51. The van der Waals surface area contributed by atoms with Crippen LogP contribution < -0.4 is 10.6 Å². The SMILES string of the molecule is Cc1cc(CNC(=O)c2ccc3c(c2)CNC3)on1. The highest BCUT2D eigenvalue weighted by Crippen LogP contribution is 2.17. The van der Waals surface area contributed by atoms with Gasteiger partial charge in [0.2, 0.25) is 0 Å². The van der Waals surface area contributed by atoms with Crippen molar-refractivity contribution in [2.24, 2.45) is 0 Å². The van der Waals surface area contributed by atoms with Crippen molar-refractivity contribution in [1.29, 1.82) is 0 Å². The number of nitrogens with zero attached hydrogens (tertiary/aromatic N) is 1. The summed E-state index contributed by atoms with van der Waals surface area (Å²) in [7, 11) is 0. The fraction of sp³-hybridized carbons (Fsp3) is 0.286.